The Kier molecular flexibility index (Phi) is 5.68. The topological polar surface area (TPSA) is 58.1 Å². The van der Waals surface area contributed by atoms with Crippen LogP contribution in [0.1, 0.15) is 41.8 Å². The molecule has 3 aromatic rings. The summed E-state index contributed by atoms with van der Waals surface area (Å²) in [5, 5.41) is 3.52. The Morgan fingerprint density at radius 3 is 2.70 bits per heavy atom. The van der Waals surface area contributed by atoms with Crippen LogP contribution >= 0.6 is 0 Å². The van der Waals surface area contributed by atoms with E-state index in [1.165, 1.54) is 5.56 Å². The average Bonchev–Trinajstić information content (AvgIpc) is 2.79. The molecule has 30 heavy (non-hydrogen) atoms. The fourth-order valence-corrected chi connectivity index (χ4v) is 3.74. The van der Waals surface area contributed by atoms with Gasteiger partial charge in [0.05, 0.1) is 0 Å². The second-order valence-corrected chi connectivity index (χ2v) is 7.30. The molecule has 0 amide bonds. The van der Waals surface area contributed by atoms with E-state index in [1.54, 1.807) is 37.4 Å². The van der Waals surface area contributed by atoms with Gasteiger partial charge in [0.2, 0.25) is 5.78 Å². The van der Waals surface area contributed by atoms with Gasteiger partial charge in [-0.2, -0.15) is 0 Å². The molecule has 0 bridgehead atoms. The first-order chi connectivity index (χ1) is 14.5. The minimum atomic E-state index is -0.679. The number of nitrogens with one attached hydrogen (secondary N) is 1. The highest BCUT2D eigenvalue weighted by atomic mass is 19.1. The van der Waals surface area contributed by atoms with E-state index in [1.807, 2.05) is 18.2 Å². The summed E-state index contributed by atoms with van der Waals surface area (Å²) in [7, 11) is 0. The molecule has 0 spiro atoms. The number of pyridine rings is 2. The highest BCUT2D eigenvalue weighted by Gasteiger charge is 2.25. The van der Waals surface area contributed by atoms with Crippen molar-refractivity contribution in [1.29, 1.82) is 0 Å². The lowest BCUT2D eigenvalue weighted by molar-refractivity contribution is 0.103. The number of hydrogen-bond acceptors (Lipinski definition) is 5. The van der Waals surface area contributed by atoms with Crippen LogP contribution in [0.3, 0.4) is 0 Å². The number of benzene rings is 1. The molecule has 5 nitrogen and oxygen atoms in total. The zero-order valence-electron chi connectivity index (χ0n) is 16.8. The summed E-state index contributed by atoms with van der Waals surface area (Å²) in [6, 6.07) is 17.1. The van der Waals surface area contributed by atoms with E-state index in [9.17, 15) is 9.18 Å². The van der Waals surface area contributed by atoms with Crippen LogP contribution in [0.5, 0.6) is 0 Å². The first-order valence-corrected chi connectivity index (χ1v) is 9.90. The average molecular weight is 407 g/mol. The molecule has 1 saturated heterocycles. The molecule has 0 aliphatic carbocycles. The van der Waals surface area contributed by atoms with Gasteiger partial charge in [0.25, 0.3) is 0 Å². The third-order valence-electron chi connectivity index (χ3n) is 5.34. The van der Waals surface area contributed by atoms with E-state index in [2.05, 4.69) is 38.9 Å². The van der Waals surface area contributed by atoms with Crippen LogP contribution in [0, 0.1) is 6.92 Å². The maximum absolute atomic E-state index is 14.1. The van der Waals surface area contributed by atoms with Crippen molar-refractivity contribution >= 4 is 17.4 Å². The molecule has 4 rings (SSSR count). The first-order valence-electron chi connectivity index (χ1n) is 9.90. The predicted molar refractivity (Wildman–Crippen MR) is 120 cm³/mol. The molecule has 1 atom stereocenters. The van der Waals surface area contributed by atoms with Crippen molar-refractivity contribution in [2.75, 3.05) is 24.5 Å². The highest BCUT2D eigenvalue weighted by molar-refractivity contribution is 6.10. The lowest BCUT2D eigenvalue weighted by atomic mass is 10.0. The van der Waals surface area contributed by atoms with E-state index in [4.69, 9.17) is 0 Å². The van der Waals surface area contributed by atoms with Crippen molar-refractivity contribution in [3.05, 3.63) is 95.5 Å². The Morgan fingerprint density at radius 1 is 1.17 bits per heavy atom. The third kappa shape index (κ3) is 4.00. The van der Waals surface area contributed by atoms with E-state index >= 15 is 0 Å². The van der Waals surface area contributed by atoms with Gasteiger partial charge in [-0.25, -0.2) is 9.37 Å². The van der Waals surface area contributed by atoms with Gasteiger partial charge in [-0.1, -0.05) is 36.9 Å². The van der Waals surface area contributed by atoms with E-state index in [0.29, 0.717) is 23.6 Å². The lowest BCUT2D eigenvalue weighted by Gasteiger charge is -2.35. The predicted octanol–water partition coefficient (Wildman–Crippen LogP) is 4.60. The number of ketones is 1. The molecule has 1 aliphatic heterocycles. The number of aryl methyl sites for hydroxylation is 1. The fraction of sp³-hybridized carbons (Fsp3) is 0.208. The van der Waals surface area contributed by atoms with Gasteiger partial charge in [-0.05, 0) is 36.8 Å². The molecule has 156 valence electrons. The van der Waals surface area contributed by atoms with Gasteiger partial charge in [-0.3, -0.25) is 9.78 Å². The molecule has 3 heterocycles. The monoisotopic (exact) mass is 406 g/mol. The zero-order valence-corrected chi connectivity index (χ0v) is 16.8. The van der Waals surface area contributed by atoms with Crippen LogP contribution in [0.2, 0.25) is 0 Å². The van der Waals surface area contributed by atoms with Gasteiger partial charge >= 0.3 is 0 Å². The first kappa shape index (κ1) is 19.9. The Labute approximate surface area is 178 Å². The molecular formula is C24H27FN4O. The van der Waals surface area contributed by atoms with E-state index < -0.39 is 5.83 Å². The summed E-state index contributed by atoms with van der Waals surface area (Å²) >= 11 is 0. The summed E-state index contributed by atoms with van der Waals surface area (Å²) in [5.74, 6) is -0.389. The Bertz CT molecular complexity index is 1090. The molecule has 1 N–H and O–H groups in total. The van der Waals surface area contributed by atoms with Crippen molar-refractivity contribution < 1.29 is 12.0 Å². The second kappa shape index (κ2) is 8.55. The minimum Gasteiger partial charge on any atom is -0.353 e. The lowest BCUT2D eigenvalue weighted by Crippen LogP contribution is -2.46. The van der Waals surface area contributed by atoms with Crippen LogP contribution in [0.15, 0.2) is 67.4 Å². The number of anilines is 1. The third-order valence-corrected chi connectivity index (χ3v) is 5.34. The normalized spacial score (nSPS) is 16.3. The number of carbonyl (C=O) groups is 1. The summed E-state index contributed by atoms with van der Waals surface area (Å²) in [4.78, 5) is 24.0. The maximum Gasteiger partial charge on any atom is 0.213 e. The standard InChI is InChI=1S/C24H23FN4O.2H2/c1-16(25)19-10-11-22(28-23(19)24(30)20-9-6-12-26-17(20)2)29-14-13-27-21(15-29)18-7-4-3-5-8-18;;/h3-12,21,27H,1,13-15H2,2H3;2*1H/t21-;;/m0../s1. The van der Waals surface area contributed by atoms with Crippen LogP contribution in [-0.2, 0) is 0 Å². The zero-order chi connectivity index (χ0) is 21.1. The quantitative estimate of drug-likeness (QED) is 0.628. The number of halogens is 1. The molecule has 0 saturated carbocycles. The summed E-state index contributed by atoms with van der Waals surface area (Å²) in [6.45, 7) is 7.36. The Morgan fingerprint density at radius 2 is 1.97 bits per heavy atom. The molecule has 1 aromatic carbocycles. The summed E-state index contributed by atoms with van der Waals surface area (Å²) < 4.78 is 14.1. The number of piperazine rings is 1. The van der Waals surface area contributed by atoms with Gasteiger partial charge in [-0.15, -0.1) is 0 Å². The summed E-state index contributed by atoms with van der Waals surface area (Å²) in [5.41, 5.74) is 2.36. The second-order valence-electron chi connectivity index (χ2n) is 7.30. The molecule has 6 heteroatoms. The van der Waals surface area contributed by atoms with Crippen molar-refractivity contribution in [3.63, 3.8) is 0 Å². The van der Waals surface area contributed by atoms with Crippen LogP contribution in [0.4, 0.5) is 10.2 Å². The SMILES string of the molecule is C=C(F)c1ccc(N2CCN[C@H](c3ccccc3)C2)nc1C(=O)c1cccnc1C.[HH].[HH]. The van der Waals surface area contributed by atoms with E-state index in [-0.39, 0.29) is 25.9 Å². The number of aromatic nitrogens is 2. The molecule has 1 aliphatic rings. The molecular weight excluding hydrogens is 379 g/mol. The number of hydrogen-bond donors (Lipinski definition) is 1. The van der Waals surface area contributed by atoms with Crippen LogP contribution < -0.4 is 10.2 Å². The molecule has 0 unspecified atom stereocenters. The van der Waals surface area contributed by atoms with Crippen molar-refractivity contribution in [2.45, 2.75) is 13.0 Å². The number of nitrogens with zero attached hydrogens (tertiary/aromatic N) is 3. The van der Waals surface area contributed by atoms with E-state index in [0.717, 1.165) is 13.1 Å². The summed E-state index contributed by atoms with van der Waals surface area (Å²) in [6.07, 6.45) is 1.62. The largest absolute Gasteiger partial charge is 0.353 e. The highest BCUT2D eigenvalue weighted by Crippen LogP contribution is 2.26. The molecule has 1 fully saturated rings. The number of carbonyl (C=O) groups excluding carboxylic acids is 1. The Balaban J connectivity index is 0.00000181. The fourth-order valence-electron chi connectivity index (χ4n) is 3.74. The molecule has 2 aromatic heterocycles. The van der Waals surface area contributed by atoms with Crippen molar-refractivity contribution in [3.8, 4) is 0 Å². The van der Waals surface area contributed by atoms with Gasteiger partial charge < -0.3 is 10.2 Å². The van der Waals surface area contributed by atoms with Crippen molar-refractivity contribution in [1.82, 2.24) is 15.3 Å². The maximum atomic E-state index is 14.1. The van der Waals surface area contributed by atoms with Gasteiger partial charge in [0.15, 0.2) is 0 Å². The van der Waals surface area contributed by atoms with Gasteiger partial charge in [0.1, 0.15) is 17.3 Å². The number of rotatable bonds is 5. The minimum absolute atomic E-state index is 0. The van der Waals surface area contributed by atoms with Crippen LogP contribution in [0.25, 0.3) is 5.83 Å². The molecule has 0 radical (unpaired) electrons. The van der Waals surface area contributed by atoms with Crippen LogP contribution in [-0.4, -0.2) is 35.4 Å². The van der Waals surface area contributed by atoms with Gasteiger partial charge in [0, 0.05) is 51.5 Å². The Hall–Kier alpha value is -3.38. The smallest absolute Gasteiger partial charge is 0.213 e. The van der Waals surface area contributed by atoms with Crippen molar-refractivity contribution in [2.24, 2.45) is 0 Å².